The largest absolute Gasteiger partial charge is 0.369 e. The molecular formula is C12H18N2. The maximum Gasteiger partial charge on any atom is 0.0767 e. The summed E-state index contributed by atoms with van der Waals surface area (Å²) in [4.78, 5) is 2.35. The Morgan fingerprint density at radius 2 is 2.00 bits per heavy atom. The van der Waals surface area contributed by atoms with Crippen molar-refractivity contribution in [1.29, 1.82) is 0 Å². The van der Waals surface area contributed by atoms with Gasteiger partial charge in [-0.15, -0.1) is 0 Å². The summed E-state index contributed by atoms with van der Waals surface area (Å²) in [7, 11) is 2.16. The minimum Gasteiger partial charge on any atom is -0.369 e. The molecule has 1 aliphatic heterocycles. The zero-order valence-corrected chi connectivity index (χ0v) is 9.33. The highest BCUT2D eigenvalue weighted by atomic mass is 15.3. The molecule has 1 heterocycles. The zero-order chi connectivity index (χ0) is 10.3. The zero-order valence-electron chi connectivity index (χ0n) is 9.33. The Morgan fingerprint density at radius 1 is 1.29 bits per heavy atom. The average Bonchev–Trinajstić information content (AvgIpc) is 2.17. The molecule has 0 radical (unpaired) electrons. The van der Waals surface area contributed by atoms with E-state index in [9.17, 15) is 0 Å². The maximum absolute atomic E-state index is 3.53. The molecule has 76 valence electrons. The molecule has 0 amide bonds. The van der Waals surface area contributed by atoms with Gasteiger partial charge in [-0.05, 0) is 38.9 Å². The second-order valence-electron chi connectivity index (χ2n) is 4.20. The van der Waals surface area contributed by atoms with E-state index in [1.165, 1.54) is 16.8 Å². The molecular weight excluding hydrogens is 172 g/mol. The molecule has 0 fully saturated rings. The molecule has 0 saturated heterocycles. The Bertz CT molecular complexity index is 346. The van der Waals surface area contributed by atoms with Crippen molar-refractivity contribution in [2.75, 3.05) is 12.4 Å². The van der Waals surface area contributed by atoms with Crippen LogP contribution in [0.1, 0.15) is 31.0 Å². The lowest BCUT2D eigenvalue weighted by Crippen LogP contribution is -2.41. The fraction of sp³-hybridized carbons (Fsp3) is 0.500. The van der Waals surface area contributed by atoms with E-state index in [4.69, 9.17) is 0 Å². The lowest BCUT2D eigenvalue weighted by atomic mass is 9.98. The quantitative estimate of drug-likeness (QED) is 0.676. The molecule has 2 rings (SSSR count). The number of rotatable bonds is 0. The number of hydrogen-bond acceptors (Lipinski definition) is 2. The molecule has 2 heteroatoms. The summed E-state index contributed by atoms with van der Waals surface area (Å²) >= 11 is 0. The van der Waals surface area contributed by atoms with Crippen molar-refractivity contribution >= 4 is 5.69 Å². The van der Waals surface area contributed by atoms with E-state index in [1.807, 2.05) is 0 Å². The van der Waals surface area contributed by atoms with Crippen molar-refractivity contribution in [3.8, 4) is 0 Å². The molecule has 1 N–H and O–H groups in total. The number of nitrogens with one attached hydrogen (secondary N) is 1. The summed E-state index contributed by atoms with van der Waals surface area (Å²) in [5, 5.41) is 3.53. The fourth-order valence-corrected chi connectivity index (χ4v) is 2.10. The highest BCUT2D eigenvalue weighted by Gasteiger charge is 2.25. The number of benzene rings is 1. The lowest BCUT2D eigenvalue weighted by Gasteiger charge is -2.39. The summed E-state index contributed by atoms with van der Waals surface area (Å²) < 4.78 is 0. The monoisotopic (exact) mass is 190 g/mol. The molecule has 1 aromatic carbocycles. The van der Waals surface area contributed by atoms with Crippen LogP contribution in [0.3, 0.4) is 0 Å². The molecule has 14 heavy (non-hydrogen) atoms. The van der Waals surface area contributed by atoms with Gasteiger partial charge in [0.1, 0.15) is 0 Å². The van der Waals surface area contributed by atoms with E-state index < -0.39 is 0 Å². The van der Waals surface area contributed by atoms with E-state index in [0.29, 0.717) is 12.2 Å². The van der Waals surface area contributed by atoms with Gasteiger partial charge in [-0.2, -0.15) is 0 Å². The van der Waals surface area contributed by atoms with Crippen LogP contribution in [0.5, 0.6) is 0 Å². The van der Waals surface area contributed by atoms with Crippen LogP contribution in [-0.2, 0) is 0 Å². The topological polar surface area (TPSA) is 15.3 Å². The molecule has 0 spiro atoms. The Balaban J connectivity index is 2.50. The van der Waals surface area contributed by atoms with E-state index in [2.05, 4.69) is 56.2 Å². The van der Waals surface area contributed by atoms with E-state index in [1.54, 1.807) is 0 Å². The van der Waals surface area contributed by atoms with Gasteiger partial charge in [-0.25, -0.2) is 0 Å². The van der Waals surface area contributed by atoms with Gasteiger partial charge in [-0.1, -0.05) is 18.2 Å². The van der Waals surface area contributed by atoms with Gasteiger partial charge >= 0.3 is 0 Å². The molecule has 1 aliphatic rings. The molecule has 0 aromatic heterocycles. The first kappa shape index (κ1) is 9.53. The average molecular weight is 190 g/mol. The third-order valence-electron chi connectivity index (χ3n) is 3.33. The molecule has 0 saturated carbocycles. The standard InChI is InChI=1S/C12H18N2/c1-8-6-5-7-11-9(2)14(4)10(3)13-12(8)11/h5-7,9-10,13H,1-4H3/t9-,10?/m0/s1. The maximum atomic E-state index is 3.53. The van der Waals surface area contributed by atoms with Gasteiger partial charge in [0.15, 0.2) is 0 Å². The molecule has 2 nitrogen and oxygen atoms in total. The van der Waals surface area contributed by atoms with Crippen molar-refractivity contribution in [2.45, 2.75) is 33.0 Å². The first-order valence-electron chi connectivity index (χ1n) is 5.19. The molecule has 0 aliphatic carbocycles. The predicted molar refractivity (Wildman–Crippen MR) is 60.4 cm³/mol. The van der Waals surface area contributed by atoms with Gasteiger partial charge < -0.3 is 5.32 Å². The van der Waals surface area contributed by atoms with Crippen LogP contribution in [0.15, 0.2) is 18.2 Å². The second kappa shape index (κ2) is 3.28. The van der Waals surface area contributed by atoms with Crippen molar-refractivity contribution in [3.05, 3.63) is 29.3 Å². The number of fused-ring (bicyclic) bond motifs is 1. The van der Waals surface area contributed by atoms with E-state index >= 15 is 0 Å². The van der Waals surface area contributed by atoms with E-state index in [-0.39, 0.29) is 0 Å². The van der Waals surface area contributed by atoms with Gasteiger partial charge in [0.2, 0.25) is 0 Å². The van der Waals surface area contributed by atoms with Crippen LogP contribution in [0.2, 0.25) is 0 Å². The molecule has 0 bridgehead atoms. The summed E-state index contributed by atoms with van der Waals surface area (Å²) in [5.74, 6) is 0. The van der Waals surface area contributed by atoms with Gasteiger partial charge in [-0.3, -0.25) is 4.90 Å². The van der Waals surface area contributed by atoms with Crippen molar-refractivity contribution in [3.63, 3.8) is 0 Å². The SMILES string of the molecule is Cc1cccc2c1NC(C)N(C)[C@H]2C. The lowest BCUT2D eigenvalue weighted by molar-refractivity contribution is 0.206. The highest BCUT2D eigenvalue weighted by Crippen LogP contribution is 2.34. The Kier molecular flexibility index (Phi) is 2.23. The number of para-hydroxylation sites is 1. The number of aryl methyl sites for hydroxylation is 1. The second-order valence-corrected chi connectivity index (χ2v) is 4.20. The predicted octanol–water partition coefficient (Wildman–Crippen LogP) is 2.76. The van der Waals surface area contributed by atoms with Crippen molar-refractivity contribution < 1.29 is 0 Å². The normalized spacial score (nSPS) is 26.9. The number of hydrogen-bond donors (Lipinski definition) is 1. The Morgan fingerprint density at radius 3 is 2.71 bits per heavy atom. The van der Waals surface area contributed by atoms with Gasteiger partial charge in [0.05, 0.1) is 6.17 Å². The summed E-state index contributed by atoms with van der Waals surface area (Å²) in [6.45, 7) is 6.62. The van der Waals surface area contributed by atoms with Crippen LogP contribution < -0.4 is 5.32 Å². The Hall–Kier alpha value is -1.02. The van der Waals surface area contributed by atoms with Crippen molar-refractivity contribution in [2.24, 2.45) is 0 Å². The van der Waals surface area contributed by atoms with Crippen LogP contribution in [0.4, 0.5) is 5.69 Å². The third-order valence-corrected chi connectivity index (χ3v) is 3.33. The van der Waals surface area contributed by atoms with E-state index in [0.717, 1.165) is 0 Å². The molecule has 2 atom stereocenters. The highest BCUT2D eigenvalue weighted by molar-refractivity contribution is 5.60. The number of nitrogens with zero attached hydrogens (tertiary/aromatic N) is 1. The van der Waals surface area contributed by atoms with Crippen LogP contribution in [0.25, 0.3) is 0 Å². The van der Waals surface area contributed by atoms with Crippen LogP contribution >= 0.6 is 0 Å². The summed E-state index contributed by atoms with van der Waals surface area (Å²) in [6, 6.07) is 7.01. The molecule has 1 unspecified atom stereocenters. The number of anilines is 1. The van der Waals surface area contributed by atoms with Crippen LogP contribution in [0, 0.1) is 6.92 Å². The summed E-state index contributed by atoms with van der Waals surface area (Å²) in [6.07, 6.45) is 0.415. The van der Waals surface area contributed by atoms with Gasteiger partial charge in [0.25, 0.3) is 0 Å². The van der Waals surface area contributed by atoms with Crippen LogP contribution in [-0.4, -0.2) is 18.1 Å². The third kappa shape index (κ3) is 1.30. The Labute approximate surface area is 85.9 Å². The van der Waals surface area contributed by atoms with Crippen molar-refractivity contribution in [1.82, 2.24) is 4.90 Å². The first-order chi connectivity index (χ1) is 6.61. The summed E-state index contributed by atoms with van der Waals surface area (Å²) in [5.41, 5.74) is 4.07. The molecule has 1 aromatic rings. The smallest absolute Gasteiger partial charge is 0.0767 e. The minimum atomic E-state index is 0.415. The van der Waals surface area contributed by atoms with Gasteiger partial charge in [0, 0.05) is 11.7 Å². The minimum absolute atomic E-state index is 0.415. The fourth-order valence-electron chi connectivity index (χ4n) is 2.10. The first-order valence-corrected chi connectivity index (χ1v) is 5.19.